The first kappa shape index (κ1) is 5.81. The second-order valence-corrected chi connectivity index (χ2v) is 1.74. The Bertz CT molecular complexity index is 205. The Morgan fingerprint density at radius 3 is 2.56 bits per heavy atom. The molecule has 9 heavy (non-hydrogen) atoms. The lowest BCUT2D eigenvalue weighted by atomic mass is 10.4. The first-order valence-electron chi connectivity index (χ1n) is 2.52. The van der Waals surface area contributed by atoms with E-state index in [1.165, 1.54) is 6.08 Å². The van der Waals surface area contributed by atoms with Crippen LogP contribution in [0.25, 0.3) is 0 Å². The van der Waals surface area contributed by atoms with Gasteiger partial charge in [-0.2, -0.15) is 0 Å². The zero-order valence-corrected chi connectivity index (χ0v) is 4.70. The van der Waals surface area contributed by atoms with Gasteiger partial charge in [-0.05, 0) is 12.5 Å². The predicted octanol–water partition coefficient (Wildman–Crippen LogP) is 0.393. The summed E-state index contributed by atoms with van der Waals surface area (Å²) in [6.45, 7) is 0. The van der Waals surface area contributed by atoms with Crippen LogP contribution in [0.2, 0.25) is 0 Å². The molecule has 0 atom stereocenters. The van der Waals surface area contributed by atoms with E-state index in [1.54, 1.807) is 6.08 Å². The van der Waals surface area contributed by atoms with Crippen LogP contribution in [0.4, 0.5) is 0 Å². The molecule has 0 aromatic heterocycles. The second kappa shape index (κ2) is 1.89. The summed E-state index contributed by atoms with van der Waals surface area (Å²) in [7, 11) is 0. The van der Waals surface area contributed by atoms with E-state index in [-0.39, 0.29) is 11.4 Å². The molecule has 0 unspecified atom stereocenters. The molecule has 1 aliphatic rings. The summed E-state index contributed by atoms with van der Waals surface area (Å²) in [4.78, 5) is 9.56. The van der Waals surface area contributed by atoms with Crippen molar-refractivity contribution in [3.63, 3.8) is 0 Å². The third-order valence-corrected chi connectivity index (χ3v) is 1.14. The van der Waals surface area contributed by atoms with Gasteiger partial charge in [0.05, 0.1) is 4.92 Å². The van der Waals surface area contributed by atoms with E-state index in [9.17, 15) is 10.1 Å². The molecule has 0 saturated heterocycles. The van der Waals surface area contributed by atoms with Crippen molar-refractivity contribution in [2.45, 2.75) is 6.42 Å². The molecule has 2 N–H and O–H groups in total. The van der Waals surface area contributed by atoms with Crippen LogP contribution in [0.5, 0.6) is 0 Å². The molecule has 4 nitrogen and oxygen atoms in total. The molecule has 1 rings (SSSR count). The summed E-state index contributed by atoms with van der Waals surface area (Å²) < 4.78 is 0. The van der Waals surface area contributed by atoms with Gasteiger partial charge in [0, 0.05) is 0 Å². The maximum absolute atomic E-state index is 10.0. The molecule has 0 saturated carbocycles. The Balaban J connectivity index is 2.84. The van der Waals surface area contributed by atoms with Crippen molar-refractivity contribution in [1.82, 2.24) is 0 Å². The summed E-state index contributed by atoms with van der Waals surface area (Å²) in [6, 6.07) is 0. The lowest BCUT2D eigenvalue weighted by molar-refractivity contribution is -0.420. The van der Waals surface area contributed by atoms with Crippen molar-refractivity contribution < 1.29 is 4.92 Å². The van der Waals surface area contributed by atoms with E-state index in [0.717, 1.165) is 0 Å². The highest BCUT2D eigenvalue weighted by Crippen LogP contribution is 2.13. The van der Waals surface area contributed by atoms with Crippen molar-refractivity contribution >= 4 is 0 Å². The highest BCUT2D eigenvalue weighted by molar-refractivity contribution is 5.28. The fourth-order valence-electron chi connectivity index (χ4n) is 0.700. The summed E-state index contributed by atoms with van der Waals surface area (Å²) in [5, 5.41) is 10.0. The third-order valence-electron chi connectivity index (χ3n) is 1.14. The predicted molar refractivity (Wildman–Crippen MR) is 32.0 cm³/mol. The van der Waals surface area contributed by atoms with E-state index >= 15 is 0 Å². The summed E-state index contributed by atoms with van der Waals surface area (Å²) in [5.74, 6) is 0. The van der Waals surface area contributed by atoms with Gasteiger partial charge in [0.25, 0.3) is 5.70 Å². The first-order valence-corrected chi connectivity index (χ1v) is 2.52. The molecule has 0 spiro atoms. The van der Waals surface area contributed by atoms with Crippen LogP contribution in [0.15, 0.2) is 23.5 Å². The highest BCUT2D eigenvalue weighted by atomic mass is 16.6. The molecule has 4 heteroatoms. The number of hydrogen-bond donors (Lipinski definition) is 1. The van der Waals surface area contributed by atoms with Crippen LogP contribution < -0.4 is 5.73 Å². The minimum Gasteiger partial charge on any atom is -0.393 e. The molecular weight excluding hydrogens is 120 g/mol. The number of allylic oxidation sites excluding steroid dienone is 2. The van der Waals surface area contributed by atoms with Crippen LogP contribution in [0.3, 0.4) is 0 Å². The molecule has 0 aromatic rings. The quantitative estimate of drug-likeness (QED) is 0.408. The van der Waals surface area contributed by atoms with E-state index in [2.05, 4.69) is 0 Å². The van der Waals surface area contributed by atoms with Crippen molar-refractivity contribution in [3.05, 3.63) is 33.7 Å². The maximum Gasteiger partial charge on any atom is 0.288 e. The topological polar surface area (TPSA) is 69.2 Å². The van der Waals surface area contributed by atoms with Gasteiger partial charge in [-0.15, -0.1) is 0 Å². The molecule has 0 amide bonds. The van der Waals surface area contributed by atoms with Gasteiger partial charge in [0.2, 0.25) is 0 Å². The van der Waals surface area contributed by atoms with Crippen molar-refractivity contribution in [1.29, 1.82) is 0 Å². The number of nitro groups is 1. The SMILES string of the molecule is NC1=CCC=C1[N+](=O)[O-]. The summed E-state index contributed by atoms with van der Waals surface area (Å²) in [6.07, 6.45) is 3.70. The van der Waals surface area contributed by atoms with Crippen LogP contribution >= 0.6 is 0 Å². The number of rotatable bonds is 1. The Kier molecular flexibility index (Phi) is 1.22. The molecule has 1 aliphatic carbocycles. The van der Waals surface area contributed by atoms with E-state index in [4.69, 9.17) is 5.73 Å². The lowest BCUT2D eigenvalue weighted by Gasteiger charge is -1.89. The Morgan fingerprint density at radius 1 is 1.67 bits per heavy atom. The highest BCUT2D eigenvalue weighted by Gasteiger charge is 2.16. The lowest BCUT2D eigenvalue weighted by Crippen LogP contribution is -2.05. The van der Waals surface area contributed by atoms with Crippen LogP contribution in [-0.4, -0.2) is 4.92 Å². The minimum absolute atomic E-state index is 0.0370. The van der Waals surface area contributed by atoms with Gasteiger partial charge in [0.15, 0.2) is 0 Å². The zero-order chi connectivity index (χ0) is 6.85. The molecule has 0 radical (unpaired) electrons. The van der Waals surface area contributed by atoms with E-state index in [1.807, 2.05) is 0 Å². The Labute approximate surface area is 51.8 Å². The smallest absolute Gasteiger partial charge is 0.288 e. The number of hydrogen-bond acceptors (Lipinski definition) is 3. The standard InChI is InChI=1S/C5H6N2O2/c6-4-2-1-3-5(4)7(8)9/h2-3H,1,6H2. The molecule has 0 aromatic carbocycles. The van der Waals surface area contributed by atoms with E-state index < -0.39 is 4.92 Å². The molecule has 0 heterocycles. The monoisotopic (exact) mass is 126 g/mol. The fraction of sp³-hybridized carbons (Fsp3) is 0.200. The fourth-order valence-corrected chi connectivity index (χ4v) is 0.700. The van der Waals surface area contributed by atoms with Gasteiger partial charge in [0.1, 0.15) is 5.70 Å². The summed E-state index contributed by atoms with van der Waals surface area (Å²) in [5.41, 5.74) is 5.55. The normalized spacial score (nSPS) is 16.9. The molecule has 0 aliphatic heterocycles. The number of nitrogens with two attached hydrogens (primary N) is 1. The average Bonchev–Trinajstić information content (AvgIpc) is 2.13. The van der Waals surface area contributed by atoms with Gasteiger partial charge < -0.3 is 5.73 Å². The van der Waals surface area contributed by atoms with Crippen molar-refractivity contribution in [3.8, 4) is 0 Å². The first-order chi connectivity index (χ1) is 4.22. The Hall–Kier alpha value is -1.32. The Morgan fingerprint density at radius 2 is 2.33 bits per heavy atom. The molecule has 0 fully saturated rings. The average molecular weight is 126 g/mol. The van der Waals surface area contributed by atoms with E-state index in [0.29, 0.717) is 6.42 Å². The zero-order valence-electron chi connectivity index (χ0n) is 4.70. The minimum atomic E-state index is -0.473. The number of nitrogens with zero attached hydrogens (tertiary/aromatic N) is 1. The van der Waals surface area contributed by atoms with Crippen LogP contribution in [0.1, 0.15) is 6.42 Å². The van der Waals surface area contributed by atoms with Gasteiger partial charge in [-0.3, -0.25) is 10.1 Å². The van der Waals surface area contributed by atoms with Crippen molar-refractivity contribution in [2.75, 3.05) is 0 Å². The van der Waals surface area contributed by atoms with Gasteiger partial charge in [-0.25, -0.2) is 0 Å². The maximum atomic E-state index is 10.0. The molecule has 0 bridgehead atoms. The molecular formula is C5H6N2O2. The van der Waals surface area contributed by atoms with Gasteiger partial charge in [-0.1, -0.05) is 6.08 Å². The molecule has 48 valence electrons. The van der Waals surface area contributed by atoms with Gasteiger partial charge >= 0.3 is 0 Å². The van der Waals surface area contributed by atoms with Crippen LogP contribution in [0, 0.1) is 10.1 Å². The summed E-state index contributed by atoms with van der Waals surface area (Å²) >= 11 is 0. The largest absolute Gasteiger partial charge is 0.393 e. The third kappa shape index (κ3) is 0.910. The van der Waals surface area contributed by atoms with Crippen molar-refractivity contribution in [2.24, 2.45) is 5.73 Å². The van der Waals surface area contributed by atoms with Crippen LogP contribution in [-0.2, 0) is 0 Å². The second-order valence-electron chi connectivity index (χ2n) is 1.74.